The molecule has 0 atom stereocenters. The number of rotatable bonds is 5. The van der Waals surface area contributed by atoms with Gasteiger partial charge < -0.3 is 10.2 Å². The van der Waals surface area contributed by atoms with Crippen molar-refractivity contribution >= 4 is 17.2 Å². The zero-order valence-electron chi connectivity index (χ0n) is 16.5. The molecule has 1 aromatic carbocycles. The average molecular weight is 414 g/mol. The molecule has 0 radical (unpaired) electrons. The van der Waals surface area contributed by atoms with Crippen LogP contribution in [0.25, 0.3) is 16.3 Å². The van der Waals surface area contributed by atoms with Crippen LogP contribution in [-0.2, 0) is 0 Å². The molecule has 0 aliphatic carbocycles. The summed E-state index contributed by atoms with van der Waals surface area (Å²) >= 11 is 1.43. The number of nitrogens with zero attached hydrogens (tertiary/aromatic N) is 4. The molecule has 6 nitrogen and oxygen atoms in total. The van der Waals surface area contributed by atoms with Crippen molar-refractivity contribution in [1.29, 1.82) is 0 Å². The van der Waals surface area contributed by atoms with Crippen LogP contribution in [0.5, 0.6) is 0 Å². The Balaban J connectivity index is 1.54. The number of thiazole rings is 1. The van der Waals surface area contributed by atoms with Crippen molar-refractivity contribution in [2.24, 2.45) is 0 Å². The molecule has 1 amide bonds. The summed E-state index contributed by atoms with van der Waals surface area (Å²) in [7, 11) is 0. The summed E-state index contributed by atoms with van der Waals surface area (Å²) in [6, 6.07) is 6.51. The fraction of sp³-hybridized carbons (Fsp3) is 0.381. The minimum Gasteiger partial charge on any atom is -0.332 e. The number of carbonyl (C=O) groups excluding carboxylic acids is 1. The maximum absolute atomic E-state index is 13.2. The standard InChI is InChI=1S/C21H24FN5OS/c1-14(2)27(18-7-9-23-10-8-18)21(28)19-13-29-20(25-19)15-11-24-26(12-15)17-5-3-16(22)4-6-17/h3-6,11-14,18,23H,7-10H2,1-2H3. The Hall–Kier alpha value is -2.58. The molecule has 1 saturated heterocycles. The summed E-state index contributed by atoms with van der Waals surface area (Å²) in [6.07, 6.45) is 5.48. The number of hydrogen-bond donors (Lipinski definition) is 1. The molecule has 0 bridgehead atoms. The maximum atomic E-state index is 13.2. The molecule has 3 heterocycles. The van der Waals surface area contributed by atoms with Crippen LogP contribution in [0.1, 0.15) is 37.2 Å². The predicted molar refractivity (Wildman–Crippen MR) is 112 cm³/mol. The van der Waals surface area contributed by atoms with Gasteiger partial charge in [0, 0.05) is 29.2 Å². The van der Waals surface area contributed by atoms with Crippen LogP contribution in [-0.4, -0.2) is 50.7 Å². The monoisotopic (exact) mass is 413 g/mol. The fourth-order valence-corrected chi connectivity index (χ4v) is 4.48. The summed E-state index contributed by atoms with van der Waals surface area (Å²) < 4.78 is 14.8. The van der Waals surface area contributed by atoms with Crippen LogP contribution in [0.4, 0.5) is 4.39 Å². The zero-order valence-corrected chi connectivity index (χ0v) is 17.3. The summed E-state index contributed by atoms with van der Waals surface area (Å²) in [5, 5.41) is 10.3. The van der Waals surface area contributed by atoms with Crippen LogP contribution in [0, 0.1) is 5.82 Å². The molecule has 0 spiro atoms. The van der Waals surface area contributed by atoms with Crippen molar-refractivity contribution in [1.82, 2.24) is 25.0 Å². The van der Waals surface area contributed by atoms with Gasteiger partial charge in [0.2, 0.25) is 0 Å². The van der Waals surface area contributed by atoms with Crippen molar-refractivity contribution in [3.63, 3.8) is 0 Å². The first kappa shape index (κ1) is 19.7. The van der Waals surface area contributed by atoms with Crippen LogP contribution < -0.4 is 5.32 Å². The van der Waals surface area contributed by atoms with E-state index in [4.69, 9.17) is 0 Å². The van der Waals surface area contributed by atoms with E-state index in [1.165, 1.54) is 23.5 Å². The number of halogens is 1. The van der Waals surface area contributed by atoms with Gasteiger partial charge in [0.15, 0.2) is 0 Å². The Kier molecular flexibility index (Phi) is 5.73. The first-order valence-corrected chi connectivity index (χ1v) is 10.7. The molecule has 1 N–H and O–H groups in total. The summed E-state index contributed by atoms with van der Waals surface area (Å²) in [4.78, 5) is 19.8. The van der Waals surface area contributed by atoms with E-state index in [1.54, 1.807) is 23.0 Å². The molecule has 0 unspecified atom stereocenters. The number of hydrogen-bond acceptors (Lipinski definition) is 5. The molecule has 152 valence electrons. The van der Waals surface area contributed by atoms with Crippen molar-refractivity contribution < 1.29 is 9.18 Å². The highest BCUT2D eigenvalue weighted by molar-refractivity contribution is 7.13. The van der Waals surface area contributed by atoms with Gasteiger partial charge in [-0.1, -0.05) is 0 Å². The highest BCUT2D eigenvalue weighted by Crippen LogP contribution is 2.26. The third kappa shape index (κ3) is 4.23. The second-order valence-electron chi connectivity index (χ2n) is 7.48. The quantitative estimate of drug-likeness (QED) is 0.692. The van der Waals surface area contributed by atoms with E-state index in [0.717, 1.165) is 42.2 Å². The fourth-order valence-electron chi connectivity index (χ4n) is 3.71. The minimum atomic E-state index is -0.285. The van der Waals surface area contributed by atoms with E-state index in [2.05, 4.69) is 29.2 Å². The van der Waals surface area contributed by atoms with Gasteiger partial charge >= 0.3 is 0 Å². The van der Waals surface area contributed by atoms with Crippen molar-refractivity contribution in [3.8, 4) is 16.3 Å². The van der Waals surface area contributed by atoms with Gasteiger partial charge in [-0.2, -0.15) is 5.10 Å². The summed E-state index contributed by atoms with van der Waals surface area (Å²) in [5.41, 5.74) is 2.07. The Bertz CT molecular complexity index is 975. The SMILES string of the molecule is CC(C)N(C(=O)c1csc(-c2cnn(-c3ccc(F)cc3)c2)n1)C1CCNCC1. The van der Waals surface area contributed by atoms with E-state index in [-0.39, 0.29) is 23.8 Å². The van der Waals surface area contributed by atoms with E-state index in [1.807, 2.05) is 16.5 Å². The van der Waals surface area contributed by atoms with Crippen LogP contribution in [0.2, 0.25) is 0 Å². The first-order valence-electron chi connectivity index (χ1n) is 9.83. The van der Waals surface area contributed by atoms with Gasteiger partial charge in [-0.3, -0.25) is 4.79 Å². The van der Waals surface area contributed by atoms with Crippen LogP contribution in [0.3, 0.4) is 0 Å². The molecular formula is C21H24FN5OS. The van der Waals surface area contributed by atoms with Crippen LogP contribution >= 0.6 is 11.3 Å². The maximum Gasteiger partial charge on any atom is 0.273 e. The van der Waals surface area contributed by atoms with Crippen molar-refractivity contribution in [2.45, 2.75) is 38.8 Å². The third-order valence-corrected chi connectivity index (χ3v) is 6.03. The largest absolute Gasteiger partial charge is 0.332 e. The number of aromatic nitrogens is 3. The molecule has 2 aromatic heterocycles. The topological polar surface area (TPSA) is 63.1 Å². The molecule has 1 aliphatic heterocycles. The Labute approximate surface area is 173 Å². The zero-order chi connectivity index (χ0) is 20.4. The summed E-state index contributed by atoms with van der Waals surface area (Å²) in [5.74, 6) is -0.298. The normalized spacial score (nSPS) is 15.0. The van der Waals surface area contributed by atoms with Crippen molar-refractivity contribution in [2.75, 3.05) is 13.1 Å². The molecule has 0 saturated carbocycles. The number of benzene rings is 1. The number of piperidine rings is 1. The molecule has 3 aromatic rings. The smallest absolute Gasteiger partial charge is 0.273 e. The van der Waals surface area contributed by atoms with E-state index >= 15 is 0 Å². The highest BCUT2D eigenvalue weighted by atomic mass is 32.1. The molecule has 8 heteroatoms. The first-order chi connectivity index (χ1) is 14.0. The van der Waals surface area contributed by atoms with Crippen molar-refractivity contribution in [3.05, 3.63) is 53.6 Å². The van der Waals surface area contributed by atoms with Gasteiger partial charge in [0.25, 0.3) is 5.91 Å². The second-order valence-corrected chi connectivity index (χ2v) is 8.33. The van der Waals surface area contributed by atoms with E-state index in [0.29, 0.717) is 5.69 Å². The number of amides is 1. The Morgan fingerprint density at radius 2 is 2.00 bits per heavy atom. The lowest BCUT2D eigenvalue weighted by molar-refractivity contribution is 0.0560. The van der Waals surface area contributed by atoms with Gasteiger partial charge in [-0.15, -0.1) is 11.3 Å². The van der Waals surface area contributed by atoms with Gasteiger partial charge in [-0.25, -0.2) is 14.1 Å². The van der Waals surface area contributed by atoms with Crippen LogP contribution in [0.15, 0.2) is 42.0 Å². The lowest BCUT2D eigenvalue weighted by Gasteiger charge is -2.37. The lowest BCUT2D eigenvalue weighted by atomic mass is 10.0. The molecule has 29 heavy (non-hydrogen) atoms. The Morgan fingerprint density at radius 1 is 1.28 bits per heavy atom. The second kappa shape index (κ2) is 8.42. The minimum absolute atomic E-state index is 0.0136. The molecule has 1 aliphatic rings. The average Bonchev–Trinajstić information content (AvgIpc) is 3.39. The van der Waals surface area contributed by atoms with Gasteiger partial charge in [0.1, 0.15) is 16.5 Å². The molecular weight excluding hydrogens is 389 g/mol. The van der Waals surface area contributed by atoms with E-state index in [9.17, 15) is 9.18 Å². The molecule has 1 fully saturated rings. The number of carbonyl (C=O) groups is 1. The van der Waals surface area contributed by atoms with Gasteiger partial charge in [-0.05, 0) is 64.0 Å². The van der Waals surface area contributed by atoms with Gasteiger partial charge in [0.05, 0.1) is 11.9 Å². The predicted octanol–water partition coefficient (Wildman–Crippen LogP) is 3.74. The van der Waals surface area contributed by atoms with E-state index < -0.39 is 0 Å². The third-order valence-electron chi connectivity index (χ3n) is 5.14. The number of nitrogens with one attached hydrogen (secondary N) is 1. The lowest BCUT2D eigenvalue weighted by Crippen LogP contribution is -2.49. The summed E-state index contributed by atoms with van der Waals surface area (Å²) in [6.45, 7) is 5.98. The highest BCUT2D eigenvalue weighted by Gasteiger charge is 2.29. The molecule has 4 rings (SSSR count). The Morgan fingerprint density at radius 3 is 2.69 bits per heavy atom.